The van der Waals surface area contributed by atoms with Gasteiger partial charge >= 0.3 is 0 Å². The SMILES string of the molecule is Cc1ccc(S(=O)(=O)N2CCC(CC(=O)NCCN3CCCC[C@@H]3C)CC2)cc1. The van der Waals surface area contributed by atoms with Gasteiger partial charge in [0.1, 0.15) is 0 Å². The third kappa shape index (κ3) is 6.03. The summed E-state index contributed by atoms with van der Waals surface area (Å²) in [5, 5.41) is 3.06. The normalized spacial score (nSPS) is 22.5. The molecule has 0 unspecified atom stereocenters. The molecule has 0 bridgehead atoms. The minimum absolute atomic E-state index is 0.0921. The summed E-state index contributed by atoms with van der Waals surface area (Å²) in [7, 11) is -3.44. The second-order valence-electron chi connectivity index (χ2n) is 8.60. The molecule has 162 valence electrons. The van der Waals surface area contributed by atoms with Gasteiger partial charge in [0.05, 0.1) is 4.90 Å². The van der Waals surface area contributed by atoms with E-state index in [4.69, 9.17) is 0 Å². The van der Waals surface area contributed by atoms with Crippen molar-refractivity contribution < 1.29 is 13.2 Å². The summed E-state index contributed by atoms with van der Waals surface area (Å²) >= 11 is 0. The fraction of sp³-hybridized carbons (Fsp3) is 0.682. The first-order valence-electron chi connectivity index (χ1n) is 10.9. The summed E-state index contributed by atoms with van der Waals surface area (Å²) < 4.78 is 27.1. The van der Waals surface area contributed by atoms with Crippen LogP contribution in [0, 0.1) is 12.8 Å². The van der Waals surface area contributed by atoms with Crippen LogP contribution in [-0.2, 0) is 14.8 Å². The van der Waals surface area contributed by atoms with Crippen LogP contribution < -0.4 is 5.32 Å². The van der Waals surface area contributed by atoms with E-state index in [1.165, 1.54) is 19.3 Å². The van der Waals surface area contributed by atoms with Crippen molar-refractivity contribution >= 4 is 15.9 Å². The van der Waals surface area contributed by atoms with E-state index in [0.717, 1.165) is 31.5 Å². The lowest BCUT2D eigenvalue weighted by atomic mass is 9.94. The van der Waals surface area contributed by atoms with Crippen molar-refractivity contribution in [2.24, 2.45) is 5.92 Å². The fourth-order valence-corrected chi connectivity index (χ4v) is 5.85. The summed E-state index contributed by atoms with van der Waals surface area (Å²) in [6, 6.07) is 7.62. The van der Waals surface area contributed by atoms with Gasteiger partial charge < -0.3 is 5.32 Å². The zero-order valence-corrected chi connectivity index (χ0v) is 18.6. The molecule has 2 aliphatic heterocycles. The molecule has 2 heterocycles. The number of hydrogen-bond acceptors (Lipinski definition) is 4. The minimum atomic E-state index is -3.44. The van der Waals surface area contributed by atoms with Crippen LogP contribution in [0.2, 0.25) is 0 Å². The van der Waals surface area contributed by atoms with Gasteiger partial charge in [-0.05, 0) is 64.1 Å². The Morgan fingerprint density at radius 2 is 1.76 bits per heavy atom. The number of hydrogen-bond donors (Lipinski definition) is 1. The Morgan fingerprint density at radius 3 is 2.41 bits per heavy atom. The predicted molar refractivity (Wildman–Crippen MR) is 115 cm³/mol. The Hall–Kier alpha value is -1.44. The third-order valence-electron chi connectivity index (χ3n) is 6.37. The number of rotatable bonds is 7. The Labute approximate surface area is 175 Å². The van der Waals surface area contributed by atoms with Gasteiger partial charge in [0.2, 0.25) is 15.9 Å². The molecule has 1 amide bonds. The first kappa shape index (κ1) is 22.2. The second-order valence-corrected chi connectivity index (χ2v) is 10.5. The maximum Gasteiger partial charge on any atom is 0.243 e. The maximum absolute atomic E-state index is 12.8. The Bertz CT molecular complexity index is 771. The van der Waals surface area contributed by atoms with Crippen LogP contribution in [0.5, 0.6) is 0 Å². The van der Waals surface area contributed by atoms with Gasteiger partial charge in [0, 0.05) is 38.6 Å². The highest BCUT2D eigenvalue weighted by Gasteiger charge is 2.30. The molecule has 1 N–H and O–H groups in total. The Morgan fingerprint density at radius 1 is 1.07 bits per heavy atom. The van der Waals surface area contributed by atoms with Gasteiger partial charge in [-0.3, -0.25) is 9.69 Å². The average molecular weight is 422 g/mol. The molecular weight excluding hydrogens is 386 g/mol. The minimum Gasteiger partial charge on any atom is -0.355 e. The fourth-order valence-electron chi connectivity index (χ4n) is 4.38. The van der Waals surface area contributed by atoms with Crippen LogP contribution in [0.3, 0.4) is 0 Å². The highest BCUT2D eigenvalue weighted by Crippen LogP contribution is 2.25. The topological polar surface area (TPSA) is 69.7 Å². The molecular formula is C22H35N3O3S. The summed E-state index contributed by atoms with van der Waals surface area (Å²) in [5.74, 6) is 0.350. The second kappa shape index (κ2) is 10.0. The summed E-state index contributed by atoms with van der Waals surface area (Å²) in [5.41, 5.74) is 1.04. The molecule has 0 spiro atoms. The van der Waals surface area contributed by atoms with Gasteiger partial charge in [-0.25, -0.2) is 8.42 Å². The lowest BCUT2D eigenvalue weighted by molar-refractivity contribution is -0.122. The van der Waals surface area contributed by atoms with Crippen molar-refractivity contribution in [2.75, 3.05) is 32.7 Å². The van der Waals surface area contributed by atoms with Gasteiger partial charge in [0.25, 0.3) is 0 Å². The molecule has 0 aromatic heterocycles. The largest absolute Gasteiger partial charge is 0.355 e. The number of benzene rings is 1. The predicted octanol–water partition coefficient (Wildman–Crippen LogP) is 2.78. The Kier molecular flexibility index (Phi) is 7.71. The average Bonchev–Trinajstić information content (AvgIpc) is 2.70. The number of amides is 1. The molecule has 0 radical (unpaired) electrons. The third-order valence-corrected chi connectivity index (χ3v) is 8.28. The quantitative estimate of drug-likeness (QED) is 0.735. The van der Waals surface area contributed by atoms with Crippen LogP contribution in [0.1, 0.15) is 51.0 Å². The van der Waals surface area contributed by atoms with Crippen LogP contribution in [-0.4, -0.2) is 62.3 Å². The molecule has 0 aliphatic carbocycles. The number of aryl methyl sites for hydroxylation is 1. The molecule has 6 nitrogen and oxygen atoms in total. The van der Waals surface area contributed by atoms with Crippen LogP contribution in [0.4, 0.5) is 0 Å². The van der Waals surface area contributed by atoms with E-state index in [-0.39, 0.29) is 11.8 Å². The number of carbonyl (C=O) groups is 1. The zero-order valence-electron chi connectivity index (χ0n) is 17.8. The van der Waals surface area contributed by atoms with Crippen molar-refractivity contribution in [1.82, 2.24) is 14.5 Å². The molecule has 2 aliphatic rings. The molecule has 3 rings (SSSR count). The van der Waals surface area contributed by atoms with E-state index in [1.807, 2.05) is 19.1 Å². The van der Waals surface area contributed by atoms with E-state index < -0.39 is 10.0 Å². The first-order valence-corrected chi connectivity index (χ1v) is 12.4. The highest BCUT2D eigenvalue weighted by molar-refractivity contribution is 7.89. The zero-order chi connectivity index (χ0) is 20.9. The van der Waals surface area contributed by atoms with E-state index in [1.54, 1.807) is 16.4 Å². The molecule has 2 saturated heterocycles. The van der Waals surface area contributed by atoms with Crippen LogP contribution >= 0.6 is 0 Å². The number of sulfonamides is 1. The number of likely N-dealkylation sites (tertiary alicyclic amines) is 1. The van der Waals surface area contributed by atoms with Gasteiger partial charge in [-0.1, -0.05) is 24.1 Å². The molecule has 7 heteroatoms. The number of carbonyl (C=O) groups excluding carboxylic acids is 1. The molecule has 2 fully saturated rings. The van der Waals surface area contributed by atoms with Crippen molar-refractivity contribution in [2.45, 2.75) is 63.3 Å². The molecule has 0 saturated carbocycles. The molecule has 1 aromatic carbocycles. The van der Waals surface area contributed by atoms with Crippen molar-refractivity contribution in [3.63, 3.8) is 0 Å². The molecule has 29 heavy (non-hydrogen) atoms. The maximum atomic E-state index is 12.8. The molecule has 1 aromatic rings. The monoisotopic (exact) mass is 421 g/mol. The first-order chi connectivity index (χ1) is 13.9. The number of piperidine rings is 2. The van der Waals surface area contributed by atoms with Crippen LogP contribution in [0.15, 0.2) is 29.2 Å². The standard InChI is InChI=1S/C22H35N3O3S/c1-18-6-8-21(9-7-18)29(27,28)25-14-10-20(11-15-25)17-22(26)23-12-16-24-13-4-3-5-19(24)2/h6-9,19-20H,3-5,10-17H2,1-2H3,(H,23,26)/t19-/m0/s1. The van der Waals surface area contributed by atoms with E-state index >= 15 is 0 Å². The summed E-state index contributed by atoms with van der Waals surface area (Å²) in [4.78, 5) is 15.1. The smallest absolute Gasteiger partial charge is 0.243 e. The van der Waals surface area contributed by atoms with E-state index in [2.05, 4.69) is 17.1 Å². The number of nitrogens with zero attached hydrogens (tertiary/aromatic N) is 2. The lowest BCUT2D eigenvalue weighted by Crippen LogP contribution is -2.43. The highest BCUT2D eigenvalue weighted by atomic mass is 32.2. The van der Waals surface area contributed by atoms with Crippen molar-refractivity contribution in [3.8, 4) is 0 Å². The molecule has 1 atom stereocenters. The Balaban J connectivity index is 1.40. The van der Waals surface area contributed by atoms with Crippen molar-refractivity contribution in [3.05, 3.63) is 29.8 Å². The summed E-state index contributed by atoms with van der Waals surface area (Å²) in [6.45, 7) is 7.92. The van der Waals surface area contributed by atoms with Gasteiger partial charge in [-0.2, -0.15) is 4.31 Å². The number of nitrogens with one attached hydrogen (secondary N) is 1. The van der Waals surface area contributed by atoms with Crippen LogP contribution in [0.25, 0.3) is 0 Å². The van der Waals surface area contributed by atoms with Crippen molar-refractivity contribution in [1.29, 1.82) is 0 Å². The van der Waals surface area contributed by atoms with Gasteiger partial charge in [0.15, 0.2) is 0 Å². The van der Waals surface area contributed by atoms with E-state index in [9.17, 15) is 13.2 Å². The van der Waals surface area contributed by atoms with Gasteiger partial charge in [-0.15, -0.1) is 0 Å². The summed E-state index contributed by atoms with van der Waals surface area (Å²) in [6.07, 6.45) is 5.78. The lowest BCUT2D eigenvalue weighted by Gasteiger charge is -2.33. The van der Waals surface area contributed by atoms with E-state index in [0.29, 0.717) is 37.0 Å².